The van der Waals surface area contributed by atoms with Gasteiger partial charge in [-0.05, 0) is 13.8 Å². The first-order chi connectivity index (χ1) is 6.50. The maximum absolute atomic E-state index is 11.5. The van der Waals surface area contributed by atoms with Crippen LogP contribution in [0.3, 0.4) is 0 Å². The third kappa shape index (κ3) is 2.62. The lowest BCUT2D eigenvalue weighted by Gasteiger charge is -2.06. The monoisotopic (exact) mass is 192 g/mol. The van der Waals surface area contributed by atoms with Crippen LogP contribution in [-0.2, 0) is 11.2 Å². The molecular formula is C11H16N2O. The average Bonchev–Trinajstić information content (AvgIpc) is 2.11. The lowest BCUT2D eigenvalue weighted by molar-refractivity contribution is -0.121. The second-order valence-corrected chi connectivity index (χ2v) is 3.84. The van der Waals surface area contributed by atoms with Crippen LogP contribution in [0.2, 0.25) is 0 Å². The van der Waals surface area contributed by atoms with Crippen LogP contribution >= 0.6 is 0 Å². The smallest absolute Gasteiger partial charge is 0.141 e. The molecule has 76 valence electrons. The van der Waals surface area contributed by atoms with Crippen molar-refractivity contribution in [3.8, 4) is 0 Å². The Labute approximate surface area is 84.6 Å². The summed E-state index contributed by atoms with van der Waals surface area (Å²) in [5.74, 6) is 0.282. The van der Waals surface area contributed by atoms with Crippen molar-refractivity contribution in [1.82, 2.24) is 9.97 Å². The van der Waals surface area contributed by atoms with Gasteiger partial charge < -0.3 is 0 Å². The second kappa shape index (κ2) is 4.31. The molecule has 0 N–H and O–H groups in total. The number of rotatable bonds is 3. The highest BCUT2D eigenvalue weighted by molar-refractivity contribution is 5.82. The van der Waals surface area contributed by atoms with Gasteiger partial charge in [0.05, 0.1) is 23.5 Å². The predicted molar refractivity (Wildman–Crippen MR) is 55.1 cm³/mol. The molecule has 0 aromatic carbocycles. The van der Waals surface area contributed by atoms with Gasteiger partial charge in [0.1, 0.15) is 5.78 Å². The van der Waals surface area contributed by atoms with E-state index >= 15 is 0 Å². The minimum atomic E-state index is 0.0664. The van der Waals surface area contributed by atoms with E-state index in [2.05, 4.69) is 9.97 Å². The van der Waals surface area contributed by atoms with Gasteiger partial charge in [-0.3, -0.25) is 14.8 Å². The van der Waals surface area contributed by atoms with Crippen LogP contribution in [0.4, 0.5) is 0 Å². The molecule has 1 heterocycles. The summed E-state index contributed by atoms with van der Waals surface area (Å²) in [4.78, 5) is 20.0. The fraction of sp³-hybridized carbons (Fsp3) is 0.545. The maximum Gasteiger partial charge on any atom is 0.141 e. The van der Waals surface area contributed by atoms with E-state index in [9.17, 15) is 4.79 Å². The number of hydrogen-bond acceptors (Lipinski definition) is 3. The Bertz CT molecular complexity index is 345. The van der Waals surface area contributed by atoms with Gasteiger partial charge in [0.15, 0.2) is 0 Å². The molecule has 0 spiro atoms. The van der Waals surface area contributed by atoms with E-state index in [0.717, 1.165) is 17.1 Å². The minimum absolute atomic E-state index is 0.0664. The molecule has 0 aliphatic heterocycles. The number of nitrogens with zero attached hydrogens (tertiary/aromatic N) is 2. The summed E-state index contributed by atoms with van der Waals surface area (Å²) in [5, 5.41) is 0. The van der Waals surface area contributed by atoms with Crippen LogP contribution in [-0.4, -0.2) is 15.8 Å². The molecule has 1 rings (SSSR count). The first-order valence-electron chi connectivity index (χ1n) is 4.82. The maximum atomic E-state index is 11.5. The molecule has 0 atom stereocenters. The first kappa shape index (κ1) is 10.8. The molecule has 0 aliphatic carbocycles. The van der Waals surface area contributed by atoms with Gasteiger partial charge in [0, 0.05) is 12.1 Å². The molecular weight excluding hydrogens is 176 g/mol. The van der Waals surface area contributed by atoms with Crippen LogP contribution in [0.25, 0.3) is 0 Å². The fourth-order valence-corrected chi connectivity index (χ4v) is 1.12. The summed E-state index contributed by atoms with van der Waals surface area (Å²) < 4.78 is 0. The van der Waals surface area contributed by atoms with E-state index in [0.29, 0.717) is 6.42 Å². The molecule has 0 aliphatic rings. The quantitative estimate of drug-likeness (QED) is 0.734. The Hall–Kier alpha value is -1.25. The number of Topliss-reactive ketones (excluding diaryl/α,β-unsaturated/α-hetero) is 1. The molecule has 1 aromatic heterocycles. The van der Waals surface area contributed by atoms with E-state index in [1.54, 1.807) is 6.20 Å². The zero-order valence-electron chi connectivity index (χ0n) is 9.16. The molecule has 0 saturated heterocycles. The Morgan fingerprint density at radius 2 is 2.07 bits per heavy atom. The highest BCUT2D eigenvalue weighted by Gasteiger charge is 2.11. The molecule has 1 aromatic rings. The first-order valence-corrected chi connectivity index (χ1v) is 4.82. The Morgan fingerprint density at radius 3 is 2.64 bits per heavy atom. The molecule has 0 bridgehead atoms. The van der Waals surface area contributed by atoms with Crippen LogP contribution < -0.4 is 0 Å². The van der Waals surface area contributed by atoms with Crippen molar-refractivity contribution >= 4 is 5.78 Å². The van der Waals surface area contributed by atoms with E-state index in [-0.39, 0.29) is 11.7 Å². The summed E-state index contributed by atoms with van der Waals surface area (Å²) >= 11 is 0. The zero-order chi connectivity index (χ0) is 10.7. The van der Waals surface area contributed by atoms with Crippen LogP contribution in [0.5, 0.6) is 0 Å². The van der Waals surface area contributed by atoms with Crippen molar-refractivity contribution < 1.29 is 4.79 Å². The minimum Gasteiger partial charge on any atom is -0.299 e. The average molecular weight is 192 g/mol. The van der Waals surface area contributed by atoms with Crippen molar-refractivity contribution in [1.29, 1.82) is 0 Å². The third-order valence-corrected chi connectivity index (χ3v) is 2.16. The van der Waals surface area contributed by atoms with Gasteiger partial charge in [-0.15, -0.1) is 0 Å². The number of aryl methyl sites for hydroxylation is 2. The summed E-state index contributed by atoms with van der Waals surface area (Å²) in [6.45, 7) is 7.58. The topological polar surface area (TPSA) is 42.9 Å². The van der Waals surface area contributed by atoms with Gasteiger partial charge in [0.2, 0.25) is 0 Å². The Kier molecular flexibility index (Phi) is 3.33. The summed E-state index contributed by atoms with van der Waals surface area (Å²) in [7, 11) is 0. The van der Waals surface area contributed by atoms with E-state index in [1.807, 2.05) is 27.7 Å². The third-order valence-electron chi connectivity index (χ3n) is 2.16. The highest BCUT2D eigenvalue weighted by atomic mass is 16.1. The van der Waals surface area contributed by atoms with Gasteiger partial charge >= 0.3 is 0 Å². The van der Waals surface area contributed by atoms with Gasteiger partial charge in [-0.25, -0.2) is 0 Å². The fourth-order valence-electron chi connectivity index (χ4n) is 1.12. The van der Waals surface area contributed by atoms with Crippen molar-refractivity contribution in [2.24, 2.45) is 5.92 Å². The van der Waals surface area contributed by atoms with E-state index in [1.165, 1.54) is 0 Å². The number of carbonyl (C=O) groups is 1. The highest BCUT2D eigenvalue weighted by Crippen LogP contribution is 2.07. The van der Waals surface area contributed by atoms with Gasteiger partial charge in [0.25, 0.3) is 0 Å². The number of ketones is 1. The Morgan fingerprint density at radius 1 is 1.43 bits per heavy atom. The van der Waals surface area contributed by atoms with Crippen molar-refractivity contribution in [2.45, 2.75) is 34.1 Å². The SMILES string of the molecule is Cc1cnc(C)c(CC(=O)C(C)C)n1. The summed E-state index contributed by atoms with van der Waals surface area (Å²) in [6.07, 6.45) is 2.12. The molecule has 3 nitrogen and oxygen atoms in total. The number of hydrogen-bond donors (Lipinski definition) is 0. The van der Waals surface area contributed by atoms with Gasteiger partial charge in [-0.1, -0.05) is 13.8 Å². The number of aromatic nitrogens is 2. The lowest BCUT2D eigenvalue weighted by atomic mass is 10.0. The van der Waals surface area contributed by atoms with Crippen molar-refractivity contribution in [3.05, 3.63) is 23.3 Å². The van der Waals surface area contributed by atoms with Crippen LogP contribution in [0.15, 0.2) is 6.20 Å². The molecule has 3 heteroatoms. The van der Waals surface area contributed by atoms with Crippen LogP contribution in [0.1, 0.15) is 30.9 Å². The standard InChI is InChI=1S/C11H16N2O/c1-7(2)11(14)5-10-9(4)12-6-8(3)13-10/h6-7H,5H2,1-4H3. The largest absolute Gasteiger partial charge is 0.299 e. The number of carbonyl (C=O) groups excluding carboxylic acids is 1. The molecule has 0 amide bonds. The van der Waals surface area contributed by atoms with Crippen molar-refractivity contribution in [2.75, 3.05) is 0 Å². The van der Waals surface area contributed by atoms with Crippen molar-refractivity contribution in [3.63, 3.8) is 0 Å². The Balaban J connectivity index is 2.86. The summed E-state index contributed by atoms with van der Waals surface area (Å²) in [6, 6.07) is 0. The lowest BCUT2D eigenvalue weighted by Crippen LogP contribution is -2.13. The second-order valence-electron chi connectivity index (χ2n) is 3.84. The molecule has 0 radical (unpaired) electrons. The molecule has 0 saturated carbocycles. The van der Waals surface area contributed by atoms with Gasteiger partial charge in [-0.2, -0.15) is 0 Å². The van der Waals surface area contributed by atoms with Crippen LogP contribution in [0, 0.1) is 19.8 Å². The molecule has 0 unspecified atom stereocenters. The molecule has 0 fully saturated rings. The molecule has 14 heavy (non-hydrogen) atoms. The zero-order valence-corrected chi connectivity index (χ0v) is 9.16. The predicted octanol–water partition coefficient (Wildman–Crippen LogP) is 1.86. The van der Waals surface area contributed by atoms with E-state index < -0.39 is 0 Å². The normalized spacial score (nSPS) is 10.6. The van der Waals surface area contributed by atoms with E-state index in [4.69, 9.17) is 0 Å². The summed E-state index contributed by atoms with van der Waals surface area (Å²) in [5.41, 5.74) is 2.52.